The molecule has 25 heavy (non-hydrogen) atoms. The molecule has 0 aromatic carbocycles. The molecule has 0 amide bonds. The van der Waals surface area contributed by atoms with Crippen molar-refractivity contribution in [2.24, 2.45) is 5.92 Å². The van der Waals surface area contributed by atoms with Gasteiger partial charge in [0.15, 0.2) is 23.5 Å². The maximum absolute atomic E-state index is 9.70. The summed E-state index contributed by atoms with van der Waals surface area (Å²) in [6.07, 6.45) is 1.84. The first-order valence-electron chi connectivity index (χ1n) is 8.34. The maximum Gasteiger partial charge on any atom is 0.167 e. The number of nitrogens with two attached hydrogens (primary N) is 1. The quantitative estimate of drug-likeness (QED) is 0.837. The lowest BCUT2D eigenvalue weighted by molar-refractivity contribution is -0.227. The van der Waals surface area contributed by atoms with Crippen LogP contribution in [0.15, 0.2) is 12.7 Å². The molecule has 136 valence electrons. The molecule has 2 aliphatic rings. The van der Waals surface area contributed by atoms with E-state index < -0.39 is 17.6 Å². The van der Waals surface area contributed by atoms with Crippen LogP contribution >= 0.6 is 0 Å². The molecule has 4 rings (SSSR count). The fraction of sp³-hybridized carbons (Fsp3) is 0.688. The Hall–Kier alpha value is -1.81. The van der Waals surface area contributed by atoms with Crippen LogP contribution in [0.3, 0.4) is 0 Å². The van der Waals surface area contributed by atoms with E-state index in [1.54, 1.807) is 10.9 Å². The van der Waals surface area contributed by atoms with E-state index in [-0.39, 0.29) is 24.7 Å². The van der Waals surface area contributed by atoms with Gasteiger partial charge in [0, 0.05) is 12.5 Å². The van der Waals surface area contributed by atoms with Crippen LogP contribution in [0.25, 0.3) is 11.2 Å². The van der Waals surface area contributed by atoms with Gasteiger partial charge in [0.25, 0.3) is 0 Å². The van der Waals surface area contributed by atoms with Crippen molar-refractivity contribution in [3.05, 3.63) is 12.7 Å². The van der Waals surface area contributed by atoms with Crippen molar-refractivity contribution in [2.75, 3.05) is 12.3 Å². The van der Waals surface area contributed by atoms with Crippen LogP contribution in [-0.2, 0) is 14.2 Å². The van der Waals surface area contributed by atoms with Gasteiger partial charge in [0.1, 0.15) is 29.7 Å². The molecule has 3 N–H and O–H groups in total. The van der Waals surface area contributed by atoms with Gasteiger partial charge >= 0.3 is 0 Å². The number of hydrogen-bond donors (Lipinski definition) is 2. The summed E-state index contributed by atoms with van der Waals surface area (Å²) in [5.74, 6) is -0.566. The van der Waals surface area contributed by atoms with Crippen LogP contribution in [0.2, 0.25) is 0 Å². The second-order valence-corrected chi connectivity index (χ2v) is 7.38. The number of aromatic nitrogens is 4. The maximum atomic E-state index is 9.70. The molecule has 2 saturated heterocycles. The standard InChI is InChI=1S/C16H23N5O4/c1-8(5-22)16(4)11-10(23-15(2,3)24-11)14(25-16)21-7-20-9-12(17)18-6-19-13(9)21/h6-8,10-11,14,22H,5H2,1-4H3,(H2,17,18,19)/t8-,10?,11?,14?,16+/m1/s1. The lowest BCUT2D eigenvalue weighted by atomic mass is 9.85. The molecule has 9 nitrogen and oxygen atoms in total. The molecule has 9 heteroatoms. The van der Waals surface area contributed by atoms with Crippen LogP contribution in [-0.4, -0.2) is 54.8 Å². The van der Waals surface area contributed by atoms with Gasteiger partial charge in [-0.05, 0) is 20.8 Å². The Morgan fingerprint density at radius 1 is 1.24 bits per heavy atom. The molecular weight excluding hydrogens is 326 g/mol. The Bertz CT molecular complexity index is 809. The third-order valence-corrected chi connectivity index (χ3v) is 5.26. The van der Waals surface area contributed by atoms with E-state index in [4.69, 9.17) is 19.9 Å². The largest absolute Gasteiger partial charge is 0.396 e. The second-order valence-electron chi connectivity index (χ2n) is 7.38. The minimum absolute atomic E-state index is 0.0178. The van der Waals surface area contributed by atoms with E-state index in [1.807, 2.05) is 27.7 Å². The minimum atomic E-state index is -0.738. The molecule has 0 saturated carbocycles. The summed E-state index contributed by atoms with van der Waals surface area (Å²) < 4.78 is 20.4. The number of hydrogen-bond acceptors (Lipinski definition) is 8. The van der Waals surface area contributed by atoms with E-state index in [1.165, 1.54) is 6.33 Å². The van der Waals surface area contributed by atoms with Gasteiger partial charge in [-0.1, -0.05) is 6.92 Å². The molecule has 3 unspecified atom stereocenters. The van der Waals surface area contributed by atoms with Gasteiger partial charge in [0.2, 0.25) is 0 Å². The third kappa shape index (κ3) is 2.34. The Morgan fingerprint density at radius 2 is 2.00 bits per heavy atom. The summed E-state index contributed by atoms with van der Waals surface area (Å²) in [5.41, 5.74) is 6.26. The number of aliphatic hydroxyl groups excluding tert-OH is 1. The summed E-state index contributed by atoms with van der Waals surface area (Å²) in [4.78, 5) is 12.6. The van der Waals surface area contributed by atoms with Crippen molar-refractivity contribution >= 4 is 17.0 Å². The molecule has 2 aromatic rings. The average Bonchev–Trinajstić information content (AvgIpc) is 3.19. The highest BCUT2D eigenvalue weighted by atomic mass is 16.8. The van der Waals surface area contributed by atoms with Crippen molar-refractivity contribution in [3.63, 3.8) is 0 Å². The zero-order valence-electron chi connectivity index (χ0n) is 14.7. The van der Waals surface area contributed by atoms with Crippen LogP contribution < -0.4 is 5.73 Å². The van der Waals surface area contributed by atoms with Gasteiger partial charge in [-0.25, -0.2) is 15.0 Å². The highest BCUT2D eigenvalue weighted by molar-refractivity contribution is 5.81. The zero-order valence-corrected chi connectivity index (χ0v) is 14.7. The topological polar surface area (TPSA) is 118 Å². The molecule has 2 fully saturated rings. The lowest BCUT2D eigenvalue weighted by Crippen LogP contribution is -2.47. The first-order chi connectivity index (χ1) is 11.8. The molecule has 2 aliphatic heterocycles. The normalized spacial score (nSPS) is 35.2. The number of anilines is 1. The van der Waals surface area contributed by atoms with Crippen LogP contribution in [0.5, 0.6) is 0 Å². The fourth-order valence-corrected chi connectivity index (χ4v) is 3.68. The Balaban J connectivity index is 1.80. The van der Waals surface area contributed by atoms with Crippen molar-refractivity contribution in [1.82, 2.24) is 19.5 Å². The molecule has 4 heterocycles. The summed E-state index contributed by atoms with van der Waals surface area (Å²) in [7, 11) is 0. The van der Waals surface area contributed by atoms with Crippen molar-refractivity contribution in [1.29, 1.82) is 0 Å². The van der Waals surface area contributed by atoms with Crippen LogP contribution in [0, 0.1) is 5.92 Å². The number of ether oxygens (including phenoxy) is 3. The van der Waals surface area contributed by atoms with E-state index in [0.29, 0.717) is 17.0 Å². The minimum Gasteiger partial charge on any atom is -0.396 e. The van der Waals surface area contributed by atoms with E-state index in [0.717, 1.165) is 0 Å². The summed E-state index contributed by atoms with van der Waals surface area (Å²) >= 11 is 0. The van der Waals surface area contributed by atoms with E-state index in [9.17, 15) is 5.11 Å². The number of nitrogens with zero attached hydrogens (tertiary/aromatic N) is 4. The number of rotatable bonds is 3. The molecule has 5 atom stereocenters. The first kappa shape index (κ1) is 16.6. The highest BCUT2D eigenvalue weighted by Gasteiger charge is 2.63. The number of fused-ring (bicyclic) bond motifs is 2. The smallest absolute Gasteiger partial charge is 0.167 e. The molecule has 0 aliphatic carbocycles. The molecule has 2 aromatic heterocycles. The lowest BCUT2D eigenvalue weighted by Gasteiger charge is -2.35. The van der Waals surface area contributed by atoms with Gasteiger partial charge < -0.3 is 25.1 Å². The second kappa shape index (κ2) is 5.34. The number of nitrogen functional groups attached to an aromatic ring is 1. The van der Waals surface area contributed by atoms with E-state index in [2.05, 4.69) is 15.0 Å². The predicted octanol–water partition coefficient (Wildman–Crippen LogP) is 0.844. The third-order valence-electron chi connectivity index (χ3n) is 5.26. The molecule has 0 bridgehead atoms. The summed E-state index contributed by atoms with van der Waals surface area (Å²) in [6.45, 7) is 7.60. The fourth-order valence-electron chi connectivity index (χ4n) is 3.68. The number of imidazole rings is 1. The van der Waals surface area contributed by atoms with Gasteiger partial charge in [-0.2, -0.15) is 0 Å². The summed E-state index contributed by atoms with van der Waals surface area (Å²) in [5, 5.41) is 9.70. The Morgan fingerprint density at radius 3 is 2.72 bits per heavy atom. The highest BCUT2D eigenvalue weighted by Crippen LogP contribution is 2.51. The van der Waals surface area contributed by atoms with Gasteiger partial charge in [0.05, 0.1) is 6.33 Å². The van der Waals surface area contributed by atoms with Gasteiger partial charge in [-0.15, -0.1) is 0 Å². The SMILES string of the molecule is C[C@H](CO)[C@]1(C)OC(n2cnc3c(N)ncnc32)C2OC(C)(C)OC21. The summed E-state index contributed by atoms with van der Waals surface area (Å²) in [6, 6.07) is 0. The predicted molar refractivity (Wildman–Crippen MR) is 88.3 cm³/mol. The van der Waals surface area contributed by atoms with Crippen LogP contribution in [0.1, 0.15) is 33.9 Å². The van der Waals surface area contributed by atoms with Gasteiger partial charge in [-0.3, -0.25) is 4.57 Å². The zero-order chi connectivity index (χ0) is 18.0. The average molecular weight is 349 g/mol. The number of aliphatic hydroxyl groups is 1. The van der Waals surface area contributed by atoms with Crippen molar-refractivity contribution in [3.8, 4) is 0 Å². The van der Waals surface area contributed by atoms with E-state index >= 15 is 0 Å². The van der Waals surface area contributed by atoms with Crippen LogP contribution in [0.4, 0.5) is 5.82 Å². The Labute approximate surface area is 145 Å². The monoisotopic (exact) mass is 349 g/mol. The Kier molecular flexibility index (Phi) is 3.56. The molecule has 0 radical (unpaired) electrons. The molecule has 0 spiro atoms. The van der Waals surface area contributed by atoms with Crippen molar-refractivity contribution < 1.29 is 19.3 Å². The first-order valence-corrected chi connectivity index (χ1v) is 8.34. The molecular formula is C16H23N5O4. The van der Waals surface area contributed by atoms with Crippen molar-refractivity contribution in [2.45, 2.75) is 57.5 Å².